The molecular weight excluding hydrogens is 1030 g/mol. The summed E-state index contributed by atoms with van der Waals surface area (Å²) in [5, 5.41) is 86.9. The van der Waals surface area contributed by atoms with E-state index in [2.05, 4.69) is 43.5 Å². The van der Waals surface area contributed by atoms with Crippen molar-refractivity contribution in [2.24, 2.45) is 0 Å². The maximum Gasteiger partial charge on any atom is 0.220 e. The fraction of sp³-hybridized carbons (Fsp3) is 0.896. The fourth-order valence-electron chi connectivity index (χ4n) is 11.2. The molecule has 2 heterocycles. The Morgan fingerprint density at radius 2 is 0.802 bits per heavy atom. The Morgan fingerprint density at radius 3 is 1.20 bits per heavy atom. The monoisotopic (exact) mass is 1150 g/mol. The van der Waals surface area contributed by atoms with Crippen molar-refractivity contribution in [2.75, 3.05) is 19.8 Å². The van der Waals surface area contributed by atoms with Crippen LogP contribution in [0, 0.1) is 0 Å². The van der Waals surface area contributed by atoms with Gasteiger partial charge in [-0.1, -0.05) is 281 Å². The van der Waals surface area contributed by atoms with E-state index in [1.54, 1.807) is 6.08 Å². The fourth-order valence-corrected chi connectivity index (χ4v) is 11.2. The van der Waals surface area contributed by atoms with Gasteiger partial charge in [-0.25, -0.2) is 0 Å². The van der Waals surface area contributed by atoms with Gasteiger partial charge in [0.05, 0.1) is 32.0 Å². The van der Waals surface area contributed by atoms with Crippen molar-refractivity contribution in [3.63, 3.8) is 0 Å². The average molecular weight is 1150 g/mol. The first-order valence-electron chi connectivity index (χ1n) is 33.7. The van der Waals surface area contributed by atoms with E-state index >= 15 is 0 Å². The van der Waals surface area contributed by atoms with E-state index in [0.717, 1.165) is 44.9 Å². The molecule has 2 rings (SSSR count). The van der Waals surface area contributed by atoms with Crippen molar-refractivity contribution < 1.29 is 64.6 Å². The Labute approximate surface area is 493 Å². The normalized spacial score (nSPS) is 24.3. The van der Waals surface area contributed by atoms with Gasteiger partial charge in [0.2, 0.25) is 5.91 Å². The van der Waals surface area contributed by atoms with Crippen molar-refractivity contribution in [1.29, 1.82) is 0 Å². The third-order valence-electron chi connectivity index (χ3n) is 16.6. The number of allylic oxidation sites excluding steroid dienone is 5. The van der Waals surface area contributed by atoms with E-state index in [9.17, 15) is 45.6 Å². The molecular formula is C67H125NO13. The molecule has 2 aliphatic rings. The molecule has 81 heavy (non-hydrogen) atoms. The van der Waals surface area contributed by atoms with Gasteiger partial charge in [0.1, 0.15) is 48.8 Å². The molecule has 0 saturated carbocycles. The lowest BCUT2D eigenvalue weighted by Gasteiger charge is -2.46. The first-order valence-corrected chi connectivity index (χ1v) is 33.7. The largest absolute Gasteiger partial charge is 0.394 e. The van der Waals surface area contributed by atoms with Crippen molar-refractivity contribution >= 4 is 5.91 Å². The third kappa shape index (κ3) is 37.4. The maximum atomic E-state index is 13.2. The number of hydrogen-bond donors (Lipinski definition) is 9. The lowest BCUT2D eigenvalue weighted by atomic mass is 9.97. The second kappa shape index (κ2) is 52.5. The summed E-state index contributed by atoms with van der Waals surface area (Å²) in [6.45, 7) is 2.67. The van der Waals surface area contributed by atoms with Gasteiger partial charge in [-0.15, -0.1) is 0 Å². The number of nitrogens with one attached hydrogen (secondary N) is 1. The second-order valence-electron chi connectivity index (χ2n) is 23.9. The molecule has 0 aromatic rings. The first kappa shape index (κ1) is 75.3. The molecule has 2 saturated heterocycles. The van der Waals surface area contributed by atoms with E-state index in [1.165, 1.54) is 212 Å². The predicted molar refractivity (Wildman–Crippen MR) is 328 cm³/mol. The van der Waals surface area contributed by atoms with Crippen molar-refractivity contribution in [3.05, 3.63) is 36.5 Å². The van der Waals surface area contributed by atoms with E-state index in [1.807, 2.05) is 6.08 Å². The van der Waals surface area contributed by atoms with Crippen LogP contribution in [0.5, 0.6) is 0 Å². The highest BCUT2D eigenvalue weighted by molar-refractivity contribution is 5.76. The molecule has 1 amide bonds. The molecule has 0 radical (unpaired) electrons. The van der Waals surface area contributed by atoms with Gasteiger partial charge in [-0.2, -0.15) is 0 Å². The number of aliphatic hydroxyl groups excluding tert-OH is 8. The van der Waals surface area contributed by atoms with Crippen molar-refractivity contribution in [3.8, 4) is 0 Å². The molecule has 2 aliphatic heterocycles. The number of hydrogen-bond acceptors (Lipinski definition) is 13. The number of rotatable bonds is 55. The van der Waals surface area contributed by atoms with E-state index in [0.29, 0.717) is 12.8 Å². The Hall–Kier alpha value is -1.79. The zero-order valence-corrected chi connectivity index (χ0v) is 51.5. The van der Waals surface area contributed by atoms with Crippen LogP contribution >= 0.6 is 0 Å². The van der Waals surface area contributed by atoms with Gasteiger partial charge < -0.3 is 65.1 Å². The van der Waals surface area contributed by atoms with Gasteiger partial charge in [-0.3, -0.25) is 4.79 Å². The summed E-state index contributed by atoms with van der Waals surface area (Å²) >= 11 is 0. The van der Waals surface area contributed by atoms with Crippen LogP contribution in [0.25, 0.3) is 0 Å². The van der Waals surface area contributed by atoms with Gasteiger partial charge >= 0.3 is 0 Å². The number of unbranched alkanes of at least 4 members (excludes halogenated alkanes) is 38. The summed E-state index contributed by atoms with van der Waals surface area (Å²) in [4.78, 5) is 13.2. The predicted octanol–water partition coefficient (Wildman–Crippen LogP) is 13.0. The van der Waals surface area contributed by atoms with Gasteiger partial charge in [-0.05, 0) is 38.5 Å². The molecule has 14 nitrogen and oxygen atoms in total. The molecule has 0 spiro atoms. The standard InChI is InChI=1S/C67H125NO13/c1-3-5-7-9-11-13-15-16-17-18-19-20-21-22-23-24-25-26-27-28-29-30-31-32-33-34-35-36-37-38-39-40-41-43-45-47-49-51-59(72)68-55(56(71)50-48-46-44-42-14-12-10-8-6-4-2)54-78-66-64(77)62(75)65(58(53-70)80-66)81-67-63(76)61(74)60(73)57(52-69)79-67/h6,8,14,42,48,50,55-58,60-67,69-71,73-77H,3-5,7,9-13,15-41,43-47,49,51-54H2,1-2H3,(H,68,72)/b8-6+,42-14+,50-48+. The number of carbonyl (C=O) groups excluding carboxylic acids is 1. The Bertz CT molecular complexity index is 1500. The molecule has 0 aromatic heterocycles. The average Bonchev–Trinajstić information content (AvgIpc) is 3.55. The van der Waals surface area contributed by atoms with Crippen LogP contribution < -0.4 is 5.32 Å². The van der Waals surface area contributed by atoms with E-state index < -0.39 is 86.8 Å². The van der Waals surface area contributed by atoms with Crippen LogP contribution in [-0.4, -0.2) is 140 Å². The molecule has 0 aromatic carbocycles. The first-order chi connectivity index (χ1) is 39.6. The van der Waals surface area contributed by atoms with Gasteiger partial charge in [0, 0.05) is 6.42 Å². The van der Waals surface area contributed by atoms with Crippen molar-refractivity contribution in [1.82, 2.24) is 5.32 Å². The van der Waals surface area contributed by atoms with Crippen LogP contribution in [-0.2, 0) is 23.7 Å². The molecule has 476 valence electrons. The molecule has 12 unspecified atom stereocenters. The summed E-state index contributed by atoms with van der Waals surface area (Å²) in [6, 6.07) is -0.934. The quantitative estimate of drug-likeness (QED) is 0.0204. The summed E-state index contributed by atoms with van der Waals surface area (Å²) in [6.07, 6.45) is 49.9. The highest BCUT2D eigenvalue weighted by Crippen LogP contribution is 2.30. The summed E-state index contributed by atoms with van der Waals surface area (Å²) < 4.78 is 22.7. The van der Waals surface area contributed by atoms with Gasteiger partial charge in [0.25, 0.3) is 0 Å². The Morgan fingerprint density at radius 1 is 0.444 bits per heavy atom. The van der Waals surface area contributed by atoms with Crippen LogP contribution in [0.2, 0.25) is 0 Å². The van der Waals surface area contributed by atoms with Crippen LogP contribution in [0.3, 0.4) is 0 Å². The zero-order chi connectivity index (χ0) is 58.8. The highest BCUT2D eigenvalue weighted by atomic mass is 16.7. The smallest absolute Gasteiger partial charge is 0.220 e. The Balaban J connectivity index is 1.53. The molecule has 12 atom stereocenters. The van der Waals surface area contributed by atoms with Gasteiger partial charge in [0.15, 0.2) is 12.6 Å². The number of amides is 1. The molecule has 0 aliphatic carbocycles. The van der Waals surface area contributed by atoms with Crippen molar-refractivity contribution in [2.45, 2.75) is 364 Å². The number of aliphatic hydroxyl groups is 8. The second-order valence-corrected chi connectivity index (χ2v) is 23.9. The third-order valence-corrected chi connectivity index (χ3v) is 16.6. The molecule has 2 fully saturated rings. The number of ether oxygens (including phenoxy) is 4. The highest BCUT2D eigenvalue weighted by Gasteiger charge is 2.51. The van der Waals surface area contributed by atoms with Crippen LogP contribution in [0.4, 0.5) is 0 Å². The van der Waals surface area contributed by atoms with E-state index in [4.69, 9.17) is 18.9 Å². The molecule has 9 N–H and O–H groups in total. The molecule has 0 bridgehead atoms. The minimum absolute atomic E-state index is 0.251. The lowest BCUT2D eigenvalue weighted by Crippen LogP contribution is -2.65. The summed E-state index contributed by atoms with van der Waals surface area (Å²) in [5.74, 6) is -0.251. The number of carbonyl (C=O) groups is 1. The maximum absolute atomic E-state index is 13.2. The zero-order valence-electron chi connectivity index (χ0n) is 51.5. The summed E-state index contributed by atoms with van der Waals surface area (Å²) in [7, 11) is 0. The van der Waals surface area contributed by atoms with Crippen LogP contribution in [0.15, 0.2) is 36.5 Å². The lowest BCUT2D eigenvalue weighted by molar-refractivity contribution is -0.359. The molecule has 14 heteroatoms. The minimum Gasteiger partial charge on any atom is -0.394 e. The van der Waals surface area contributed by atoms with Crippen LogP contribution in [0.1, 0.15) is 290 Å². The topological polar surface area (TPSA) is 228 Å². The minimum atomic E-state index is -1.79. The SMILES string of the molecule is CC/C=C/CC/C=C/CC/C=C/C(O)C(COC1OC(CO)C(OC2OC(CO)C(O)C(O)C2O)C(O)C1O)NC(=O)CCCCCCCCCCCCCCCCCCCCCCCCCCCCCCCCCCCCCCC. The Kier molecular flexibility index (Phi) is 48.8. The summed E-state index contributed by atoms with van der Waals surface area (Å²) in [5.41, 5.74) is 0. The van der Waals surface area contributed by atoms with E-state index in [-0.39, 0.29) is 18.9 Å².